The van der Waals surface area contributed by atoms with Crippen LogP contribution in [0.25, 0.3) is 10.8 Å². The van der Waals surface area contributed by atoms with Crippen molar-refractivity contribution < 1.29 is 31.9 Å². The summed E-state index contributed by atoms with van der Waals surface area (Å²) >= 11 is 0. The van der Waals surface area contributed by atoms with Gasteiger partial charge in [0.1, 0.15) is 11.4 Å². The molecule has 3 nitrogen and oxygen atoms in total. The minimum Gasteiger partial charge on any atom is -0.507 e. The fourth-order valence-corrected chi connectivity index (χ4v) is 2.31. The third kappa shape index (κ3) is 2.75. The first-order chi connectivity index (χ1) is 11.8. The van der Waals surface area contributed by atoms with Gasteiger partial charge >= 0.3 is 0 Å². The maximum atomic E-state index is 13.6. The summed E-state index contributed by atoms with van der Waals surface area (Å²) in [5, 5.41) is 12.6. The number of carbonyl (C=O) groups excluding carboxylic acids is 1. The number of phenolic OH excluding ortho intramolecular Hbond substituents is 1. The van der Waals surface area contributed by atoms with Gasteiger partial charge in [0, 0.05) is 0 Å². The molecule has 3 aromatic carbocycles. The Bertz CT molecular complexity index is 991. The standard InChI is InChI=1S/C17H8F5NO2/c18-11-12(19)14(21)16(15(22)13(11)20)23-17(25)9-5-7-3-1-2-4-8(7)6-10(9)24/h1-6,24H,(H,23,25). The Balaban J connectivity index is 2.06. The summed E-state index contributed by atoms with van der Waals surface area (Å²) in [6.45, 7) is 0. The number of benzene rings is 3. The first-order valence-corrected chi connectivity index (χ1v) is 6.85. The number of amides is 1. The van der Waals surface area contributed by atoms with Gasteiger partial charge in [0.25, 0.3) is 5.91 Å². The number of rotatable bonds is 2. The highest BCUT2D eigenvalue weighted by molar-refractivity contribution is 6.08. The molecule has 128 valence electrons. The lowest BCUT2D eigenvalue weighted by molar-refractivity contribution is 0.102. The lowest BCUT2D eigenvalue weighted by Gasteiger charge is -2.11. The van der Waals surface area contributed by atoms with Crippen molar-refractivity contribution in [2.45, 2.75) is 0 Å². The van der Waals surface area contributed by atoms with E-state index in [0.29, 0.717) is 10.8 Å². The van der Waals surface area contributed by atoms with E-state index in [9.17, 15) is 31.9 Å². The molecule has 0 fully saturated rings. The van der Waals surface area contributed by atoms with Crippen molar-refractivity contribution in [3.8, 4) is 5.75 Å². The second kappa shape index (κ2) is 6.04. The topological polar surface area (TPSA) is 49.3 Å². The van der Waals surface area contributed by atoms with Crippen LogP contribution in [0.1, 0.15) is 10.4 Å². The third-order valence-electron chi connectivity index (χ3n) is 3.56. The highest BCUT2D eigenvalue weighted by atomic mass is 19.2. The first-order valence-electron chi connectivity index (χ1n) is 6.85. The number of nitrogens with one attached hydrogen (secondary N) is 1. The highest BCUT2D eigenvalue weighted by Gasteiger charge is 2.27. The number of halogens is 5. The normalized spacial score (nSPS) is 10.9. The van der Waals surface area contributed by atoms with Crippen molar-refractivity contribution in [3.05, 3.63) is 71.0 Å². The number of anilines is 1. The zero-order chi connectivity index (χ0) is 18.3. The second-order valence-electron chi connectivity index (χ2n) is 5.12. The van der Waals surface area contributed by atoms with E-state index < -0.39 is 46.4 Å². The average molecular weight is 353 g/mol. The average Bonchev–Trinajstić information content (AvgIpc) is 2.61. The minimum absolute atomic E-state index is 0.386. The fraction of sp³-hybridized carbons (Fsp3) is 0. The van der Waals surface area contributed by atoms with Crippen molar-refractivity contribution in [1.82, 2.24) is 0 Å². The Labute approximate surface area is 137 Å². The van der Waals surface area contributed by atoms with Crippen LogP contribution in [0.15, 0.2) is 36.4 Å². The van der Waals surface area contributed by atoms with Crippen LogP contribution < -0.4 is 5.32 Å². The number of fused-ring (bicyclic) bond motifs is 1. The molecule has 1 amide bonds. The van der Waals surface area contributed by atoms with E-state index in [4.69, 9.17) is 0 Å². The molecule has 0 atom stereocenters. The Morgan fingerprint density at radius 1 is 0.800 bits per heavy atom. The molecule has 0 aliphatic rings. The van der Waals surface area contributed by atoms with Gasteiger partial charge in [0.15, 0.2) is 23.3 Å². The summed E-state index contributed by atoms with van der Waals surface area (Å²) in [6.07, 6.45) is 0. The van der Waals surface area contributed by atoms with Gasteiger partial charge in [0.05, 0.1) is 5.56 Å². The van der Waals surface area contributed by atoms with Crippen molar-refractivity contribution in [2.24, 2.45) is 0 Å². The largest absolute Gasteiger partial charge is 0.507 e. The predicted octanol–water partition coefficient (Wildman–Crippen LogP) is 4.49. The molecule has 0 saturated carbocycles. The Hall–Kier alpha value is -3.16. The lowest BCUT2D eigenvalue weighted by Crippen LogP contribution is -2.17. The van der Waals surface area contributed by atoms with Gasteiger partial charge in [-0.1, -0.05) is 24.3 Å². The molecular formula is C17H8F5NO2. The number of phenols is 1. The Kier molecular flexibility index (Phi) is 4.03. The number of hydrogen-bond acceptors (Lipinski definition) is 2. The molecule has 0 bridgehead atoms. The molecule has 0 aromatic heterocycles. The molecular weight excluding hydrogens is 345 g/mol. The van der Waals surface area contributed by atoms with Gasteiger partial charge in [-0.05, 0) is 22.9 Å². The highest BCUT2D eigenvalue weighted by Crippen LogP contribution is 2.30. The van der Waals surface area contributed by atoms with Gasteiger partial charge in [0.2, 0.25) is 5.82 Å². The molecule has 25 heavy (non-hydrogen) atoms. The van der Waals surface area contributed by atoms with Crippen LogP contribution in [-0.2, 0) is 0 Å². The molecule has 2 N–H and O–H groups in total. The molecule has 0 spiro atoms. The Morgan fingerprint density at radius 3 is 1.84 bits per heavy atom. The van der Waals surface area contributed by atoms with Gasteiger partial charge in [-0.2, -0.15) is 0 Å². The van der Waals surface area contributed by atoms with Crippen LogP contribution in [0, 0.1) is 29.1 Å². The molecule has 0 aliphatic heterocycles. The fourth-order valence-electron chi connectivity index (χ4n) is 2.31. The van der Waals surface area contributed by atoms with E-state index >= 15 is 0 Å². The van der Waals surface area contributed by atoms with Crippen molar-refractivity contribution in [2.75, 3.05) is 5.32 Å². The molecule has 3 rings (SSSR count). The summed E-state index contributed by atoms with van der Waals surface area (Å²) in [6, 6.07) is 9.08. The van der Waals surface area contributed by atoms with Crippen LogP contribution in [0.5, 0.6) is 5.75 Å². The number of aromatic hydroxyl groups is 1. The quantitative estimate of drug-likeness (QED) is 0.405. The molecule has 3 aromatic rings. The van der Waals surface area contributed by atoms with Crippen molar-refractivity contribution >= 4 is 22.4 Å². The molecule has 0 heterocycles. The predicted molar refractivity (Wildman–Crippen MR) is 79.8 cm³/mol. The SMILES string of the molecule is O=C(Nc1c(F)c(F)c(F)c(F)c1F)c1cc2ccccc2cc1O. The van der Waals surface area contributed by atoms with Crippen LogP contribution >= 0.6 is 0 Å². The second-order valence-corrected chi connectivity index (χ2v) is 5.12. The molecule has 0 aliphatic carbocycles. The van der Waals surface area contributed by atoms with Gasteiger partial charge in [-0.25, -0.2) is 22.0 Å². The maximum absolute atomic E-state index is 13.6. The Morgan fingerprint density at radius 2 is 1.28 bits per heavy atom. The summed E-state index contributed by atoms with van der Waals surface area (Å²) in [4.78, 5) is 12.1. The zero-order valence-corrected chi connectivity index (χ0v) is 12.2. The molecule has 8 heteroatoms. The van der Waals surface area contributed by atoms with E-state index in [2.05, 4.69) is 0 Å². The number of hydrogen-bond donors (Lipinski definition) is 2. The number of carbonyl (C=O) groups is 1. The summed E-state index contributed by atoms with van der Waals surface area (Å²) in [7, 11) is 0. The van der Waals surface area contributed by atoms with Crippen LogP contribution in [0.4, 0.5) is 27.6 Å². The van der Waals surface area contributed by atoms with Crippen molar-refractivity contribution in [3.63, 3.8) is 0 Å². The van der Waals surface area contributed by atoms with Crippen LogP contribution in [-0.4, -0.2) is 11.0 Å². The van der Waals surface area contributed by atoms with E-state index in [0.717, 1.165) is 0 Å². The zero-order valence-electron chi connectivity index (χ0n) is 12.2. The summed E-state index contributed by atoms with van der Waals surface area (Å²) < 4.78 is 66.6. The minimum atomic E-state index is -2.33. The molecule has 0 radical (unpaired) electrons. The monoisotopic (exact) mass is 353 g/mol. The van der Waals surface area contributed by atoms with Crippen molar-refractivity contribution in [1.29, 1.82) is 0 Å². The van der Waals surface area contributed by atoms with Gasteiger partial charge in [-0.3, -0.25) is 4.79 Å². The van der Waals surface area contributed by atoms with Crippen LogP contribution in [0.3, 0.4) is 0 Å². The molecule has 0 unspecified atom stereocenters. The van der Waals surface area contributed by atoms with E-state index in [-0.39, 0.29) is 5.56 Å². The summed E-state index contributed by atoms with van der Waals surface area (Å²) in [5.41, 5.74) is -1.88. The van der Waals surface area contributed by atoms with E-state index in [1.165, 1.54) is 12.1 Å². The van der Waals surface area contributed by atoms with E-state index in [1.807, 2.05) is 0 Å². The molecule has 0 saturated heterocycles. The smallest absolute Gasteiger partial charge is 0.259 e. The summed E-state index contributed by atoms with van der Waals surface area (Å²) in [5.74, 6) is -12.8. The third-order valence-corrected chi connectivity index (χ3v) is 3.56. The first kappa shape index (κ1) is 16.7. The van der Waals surface area contributed by atoms with Crippen LogP contribution in [0.2, 0.25) is 0 Å². The maximum Gasteiger partial charge on any atom is 0.259 e. The van der Waals surface area contributed by atoms with Gasteiger partial charge < -0.3 is 10.4 Å². The van der Waals surface area contributed by atoms with Gasteiger partial charge in [-0.15, -0.1) is 0 Å². The lowest BCUT2D eigenvalue weighted by atomic mass is 10.1. The van der Waals surface area contributed by atoms with E-state index in [1.54, 1.807) is 29.6 Å².